The summed E-state index contributed by atoms with van der Waals surface area (Å²) in [6.45, 7) is 11.1. The van der Waals surface area contributed by atoms with Gasteiger partial charge in [0.05, 0.1) is 6.61 Å². The number of carbonyl (C=O) groups is 1. The number of carbonyl (C=O) groups excluding carboxylic acids is 1. The van der Waals surface area contributed by atoms with Gasteiger partial charge in [0.25, 0.3) is 0 Å². The van der Waals surface area contributed by atoms with Gasteiger partial charge in [-0.05, 0) is 39.5 Å². The molecule has 0 saturated carbocycles. The lowest BCUT2D eigenvalue weighted by Gasteiger charge is -2.36. The Hall–Kier alpha value is -0.693. The molecule has 0 aromatic carbocycles. The van der Waals surface area contributed by atoms with Gasteiger partial charge in [0, 0.05) is 30.9 Å². The predicted molar refractivity (Wildman–Crippen MR) is 82.9 cm³/mol. The molecule has 0 aliphatic carbocycles. The third kappa shape index (κ3) is 6.73. The van der Waals surface area contributed by atoms with Crippen LogP contribution in [0.2, 0.25) is 6.04 Å². The van der Waals surface area contributed by atoms with Crippen LogP contribution in [0.15, 0.2) is 12.2 Å². The molecule has 0 radical (unpaired) electrons. The highest BCUT2D eigenvalue weighted by molar-refractivity contribution is 6.60. The van der Waals surface area contributed by atoms with E-state index in [4.69, 9.17) is 18.0 Å². The smallest absolute Gasteiger partial charge is 0.462 e. The summed E-state index contributed by atoms with van der Waals surface area (Å²) < 4.78 is 22.9. The first-order valence-electron chi connectivity index (χ1n) is 7.77. The Morgan fingerprint density at radius 3 is 2.76 bits per heavy atom. The largest absolute Gasteiger partial charge is 0.501 e. The van der Waals surface area contributed by atoms with Gasteiger partial charge in [0.2, 0.25) is 0 Å². The van der Waals surface area contributed by atoms with E-state index in [9.17, 15) is 4.79 Å². The van der Waals surface area contributed by atoms with Gasteiger partial charge >= 0.3 is 14.8 Å². The maximum Gasteiger partial charge on any atom is 0.501 e. The summed E-state index contributed by atoms with van der Waals surface area (Å²) in [6, 6.07) is 0.780. The van der Waals surface area contributed by atoms with Crippen molar-refractivity contribution in [1.29, 1.82) is 0 Å². The minimum absolute atomic E-state index is 0.198. The molecule has 6 heteroatoms. The van der Waals surface area contributed by atoms with Crippen LogP contribution < -0.4 is 0 Å². The standard InChI is InChI=1S/C15H28O5Si/c1-5-9-18-21(19-11-8-14(4)20-21)12-7-6-10-17-15(16)13(2)3/h14H,2,5-12H2,1,3-4H3. The summed E-state index contributed by atoms with van der Waals surface area (Å²) in [4.78, 5) is 11.3. The molecule has 21 heavy (non-hydrogen) atoms. The maximum absolute atomic E-state index is 11.3. The van der Waals surface area contributed by atoms with Crippen molar-refractivity contribution in [3.05, 3.63) is 12.2 Å². The highest BCUT2D eigenvalue weighted by Crippen LogP contribution is 2.26. The van der Waals surface area contributed by atoms with Crippen molar-refractivity contribution >= 4 is 14.8 Å². The third-order valence-electron chi connectivity index (χ3n) is 3.21. The fourth-order valence-corrected chi connectivity index (χ4v) is 5.03. The predicted octanol–water partition coefficient (Wildman–Crippen LogP) is 3.08. The van der Waals surface area contributed by atoms with E-state index in [0.29, 0.717) is 25.4 Å². The lowest BCUT2D eigenvalue weighted by Crippen LogP contribution is -2.51. The Bertz CT molecular complexity index is 347. The van der Waals surface area contributed by atoms with Crippen molar-refractivity contribution in [1.82, 2.24) is 0 Å². The molecule has 2 unspecified atom stereocenters. The highest BCUT2D eigenvalue weighted by atomic mass is 28.4. The van der Waals surface area contributed by atoms with E-state index in [1.807, 2.05) is 0 Å². The Morgan fingerprint density at radius 1 is 1.38 bits per heavy atom. The molecule has 1 heterocycles. The molecule has 1 aliphatic rings. The molecule has 0 N–H and O–H groups in total. The van der Waals surface area contributed by atoms with Gasteiger partial charge in [-0.1, -0.05) is 13.5 Å². The maximum atomic E-state index is 11.3. The van der Waals surface area contributed by atoms with Crippen LogP contribution in [0.4, 0.5) is 0 Å². The van der Waals surface area contributed by atoms with Gasteiger partial charge in [-0.25, -0.2) is 4.79 Å². The average Bonchev–Trinajstić information content (AvgIpc) is 2.44. The minimum atomic E-state index is -2.52. The van der Waals surface area contributed by atoms with E-state index >= 15 is 0 Å². The number of esters is 1. The summed E-state index contributed by atoms with van der Waals surface area (Å²) in [6.07, 6.45) is 3.71. The Kier molecular flexibility index (Phi) is 8.17. The Balaban J connectivity index is 2.33. The zero-order valence-corrected chi connectivity index (χ0v) is 14.5. The quantitative estimate of drug-likeness (QED) is 0.283. The van der Waals surface area contributed by atoms with Gasteiger partial charge in [-0.3, -0.25) is 0 Å². The number of hydrogen-bond donors (Lipinski definition) is 0. The SMILES string of the molecule is C=C(C)C(=O)OCCCC[Si]1(OCCC)OCCC(C)O1. The fourth-order valence-electron chi connectivity index (χ4n) is 2.05. The van der Waals surface area contributed by atoms with E-state index in [-0.39, 0.29) is 12.1 Å². The van der Waals surface area contributed by atoms with E-state index in [0.717, 1.165) is 31.7 Å². The first-order chi connectivity index (χ1) is 9.99. The summed E-state index contributed by atoms with van der Waals surface area (Å²) in [5.74, 6) is -0.331. The lowest BCUT2D eigenvalue weighted by molar-refractivity contribution is -0.139. The second-order valence-corrected chi connectivity index (χ2v) is 8.15. The molecule has 0 aromatic rings. The van der Waals surface area contributed by atoms with E-state index in [1.165, 1.54) is 0 Å². The topological polar surface area (TPSA) is 54.0 Å². The van der Waals surface area contributed by atoms with Crippen molar-refractivity contribution < 1.29 is 22.8 Å². The van der Waals surface area contributed by atoms with Crippen LogP contribution in [0.1, 0.15) is 46.5 Å². The van der Waals surface area contributed by atoms with Crippen molar-refractivity contribution in [2.75, 3.05) is 19.8 Å². The zero-order chi connectivity index (χ0) is 15.7. The molecule has 122 valence electrons. The van der Waals surface area contributed by atoms with Crippen LogP contribution in [0.25, 0.3) is 0 Å². The van der Waals surface area contributed by atoms with Gasteiger partial charge in [-0.15, -0.1) is 0 Å². The Labute approximate surface area is 129 Å². The van der Waals surface area contributed by atoms with Crippen molar-refractivity contribution in [3.8, 4) is 0 Å². The molecular weight excluding hydrogens is 288 g/mol. The second kappa shape index (κ2) is 9.35. The molecule has 0 bridgehead atoms. The van der Waals surface area contributed by atoms with E-state index in [2.05, 4.69) is 20.4 Å². The first kappa shape index (κ1) is 18.4. The number of unbranched alkanes of at least 4 members (excludes halogenated alkanes) is 1. The summed E-state index contributed by atoms with van der Waals surface area (Å²) in [7, 11) is -2.52. The van der Waals surface area contributed by atoms with Crippen LogP contribution >= 0.6 is 0 Å². The molecule has 1 saturated heterocycles. The van der Waals surface area contributed by atoms with Gasteiger partial charge in [0.15, 0.2) is 0 Å². The van der Waals surface area contributed by atoms with E-state index in [1.54, 1.807) is 6.92 Å². The summed E-state index contributed by atoms with van der Waals surface area (Å²) >= 11 is 0. The monoisotopic (exact) mass is 316 g/mol. The molecule has 1 rings (SSSR count). The first-order valence-corrected chi connectivity index (χ1v) is 9.70. The average molecular weight is 316 g/mol. The zero-order valence-electron chi connectivity index (χ0n) is 13.5. The third-order valence-corrected chi connectivity index (χ3v) is 6.23. The van der Waals surface area contributed by atoms with Crippen LogP contribution in [0, 0.1) is 0 Å². The normalized spacial score (nSPS) is 25.6. The van der Waals surface area contributed by atoms with Gasteiger partial charge in [0.1, 0.15) is 0 Å². The molecule has 2 atom stereocenters. The van der Waals surface area contributed by atoms with Crippen molar-refractivity contribution in [3.63, 3.8) is 0 Å². The van der Waals surface area contributed by atoms with Crippen molar-refractivity contribution in [2.24, 2.45) is 0 Å². The van der Waals surface area contributed by atoms with E-state index < -0.39 is 8.80 Å². The molecule has 1 fully saturated rings. The molecule has 1 aliphatic heterocycles. The van der Waals surface area contributed by atoms with Gasteiger partial charge < -0.3 is 18.0 Å². The van der Waals surface area contributed by atoms with Crippen LogP contribution in [0.5, 0.6) is 0 Å². The second-order valence-electron chi connectivity index (χ2n) is 5.47. The number of ether oxygens (including phenoxy) is 1. The minimum Gasteiger partial charge on any atom is -0.462 e. The molecule has 0 amide bonds. The molecule has 0 spiro atoms. The highest BCUT2D eigenvalue weighted by Gasteiger charge is 2.44. The lowest BCUT2D eigenvalue weighted by atomic mass is 10.3. The number of rotatable bonds is 9. The van der Waals surface area contributed by atoms with Gasteiger partial charge in [-0.2, -0.15) is 0 Å². The van der Waals surface area contributed by atoms with Crippen LogP contribution in [0.3, 0.4) is 0 Å². The Morgan fingerprint density at radius 2 is 2.14 bits per heavy atom. The van der Waals surface area contributed by atoms with Crippen molar-refractivity contribution in [2.45, 2.75) is 58.6 Å². The summed E-state index contributed by atoms with van der Waals surface area (Å²) in [5, 5.41) is 0. The molecule has 0 aromatic heterocycles. The number of hydrogen-bond acceptors (Lipinski definition) is 5. The fraction of sp³-hybridized carbons (Fsp3) is 0.800. The molecule has 5 nitrogen and oxygen atoms in total. The van der Waals surface area contributed by atoms with Crippen LogP contribution in [-0.4, -0.2) is 40.7 Å². The van der Waals surface area contributed by atoms with Crippen LogP contribution in [-0.2, 0) is 22.8 Å². The molecular formula is C15H28O5Si. The summed E-state index contributed by atoms with van der Waals surface area (Å²) in [5.41, 5.74) is 0.430.